The third-order valence-electron chi connectivity index (χ3n) is 1.67. The fraction of sp³-hybridized carbons (Fsp3) is 0.400. The maximum Gasteiger partial charge on any atom is 0.244 e. The molecular formula is C10H15N3O. The summed E-state index contributed by atoms with van der Waals surface area (Å²) in [5.74, 6) is 0.673. The fourth-order valence-corrected chi connectivity index (χ4v) is 1.02. The zero-order valence-electron chi connectivity index (χ0n) is 8.69. The van der Waals surface area contributed by atoms with E-state index in [-0.39, 0.29) is 11.9 Å². The van der Waals surface area contributed by atoms with E-state index >= 15 is 0 Å². The van der Waals surface area contributed by atoms with Crippen LogP contribution in [0, 0.1) is 0 Å². The van der Waals surface area contributed by atoms with E-state index < -0.39 is 0 Å². The first kappa shape index (κ1) is 10.5. The van der Waals surface area contributed by atoms with Crippen molar-refractivity contribution in [1.29, 1.82) is 0 Å². The molecule has 0 aromatic carbocycles. The predicted octanol–water partition coefficient (Wildman–Crippen LogP) is 0.958. The molecule has 0 saturated heterocycles. The topological polar surface area (TPSA) is 46.9 Å². The van der Waals surface area contributed by atoms with Crippen molar-refractivity contribution in [1.82, 2.24) is 14.9 Å². The summed E-state index contributed by atoms with van der Waals surface area (Å²) in [6.07, 6.45) is 6.71. The molecule has 14 heavy (non-hydrogen) atoms. The SMILES string of the molecule is CC(C)NC(=O)C=Cc1nccn1C. The van der Waals surface area contributed by atoms with Gasteiger partial charge in [-0.1, -0.05) is 0 Å². The Labute approximate surface area is 83.6 Å². The monoisotopic (exact) mass is 193 g/mol. The van der Waals surface area contributed by atoms with Crippen LogP contribution in [0.5, 0.6) is 0 Å². The molecule has 1 amide bonds. The second-order valence-electron chi connectivity index (χ2n) is 3.39. The number of carbonyl (C=O) groups is 1. The van der Waals surface area contributed by atoms with Crippen molar-refractivity contribution in [2.75, 3.05) is 0 Å². The maximum atomic E-state index is 11.2. The van der Waals surface area contributed by atoms with Crippen molar-refractivity contribution in [3.05, 3.63) is 24.3 Å². The second-order valence-corrected chi connectivity index (χ2v) is 3.39. The van der Waals surface area contributed by atoms with Crippen molar-refractivity contribution in [2.24, 2.45) is 7.05 Å². The van der Waals surface area contributed by atoms with Crippen LogP contribution in [0.1, 0.15) is 19.7 Å². The molecule has 0 aliphatic rings. The molecule has 0 fully saturated rings. The molecular weight excluding hydrogens is 178 g/mol. The van der Waals surface area contributed by atoms with Crippen LogP contribution >= 0.6 is 0 Å². The highest BCUT2D eigenvalue weighted by Crippen LogP contribution is 1.96. The summed E-state index contributed by atoms with van der Waals surface area (Å²) in [5.41, 5.74) is 0. The Morgan fingerprint density at radius 3 is 2.86 bits per heavy atom. The first-order valence-corrected chi connectivity index (χ1v) is 4.55. The molecule has 0 radical (unpaired) electrons. The number of hydrogen-bond donors (Lipinski definition) is 1. The van der Waals surface area contributed by atoms with E-state index in [0.29, 0.717) is 0 Å². The highest BCUT2D eigenvalue weighted by molar-refractivity contribution is 5.91. The molecule has 0 bridgehead atoms. The van der Waals surface area contributed by atoms with E-state index in [1.54, 1.807) is 12.3 Å². The van der Waals surface area contributed by atoms with Crippen molar-refractivity contribution >= 4 is 12.0 Å². The summed E-state index contributed by atoms with van der Waals surface area (Å²) in [4.78, 5) is 15.3. The van der Waals surface area contributed by atoms with Crippen LogP contribution in [-0.4, -0.2) is 21.5 Å². The Hall–Kier alpha value is -1.58. The smallest absolute Gasteiger partial charge is 0.244 e. The van der Waals surface area contributed by atoms with Crippen molar-refractivity contribution in [3.8, 4) is 0 Å². The number of nitrogens with one attached hydrogen (secondary N) is 1. The predicted molar refractivity (Wildman–Crippen MR) is 55.5 cm³/mol. The molecule has 1 N–H and O–H groups in total. The molecule has 4 heteroatoms. The van der Waals surface area contributed by atoms with Crippen molar-refractivity contribution in [2.45, 2.75) is 19.9 Å². The lowest BCUT2D eigenvalue weighted by molar-refractivity contribution is -0.116. The van der Waals surface area contributed by atoms with Gasteiger partial charge in [0, 0.05) is 31.6 Å². The summed E-state index contributed by atoms with van der Waals surface area (Å²) >= 11 is 0. The Bertz CT molecular complexity index is 339. The molecule has 0 aliphatic heterocycles. The van der Waals surface area contributed by atoms with Gasteiger partial charge in [0.05, 0.1) is 0 Å². The summed E-state index contributed by atoms with van der Waals surface area (Å²) < 4.78 is 1.85. The van der Waals surface area contributed by atoms with Crippen LogP contribution in [0.25, 0.3) is 6.08 Å². The van der Waals surface area contributed by atoms with Gasteiger partial charge in [-0.3, -0.25) is 4.79 Å². The van der Waals surface area contributed by atoms with Crippen LogP contribution < -0.4 is 5.32 Å². The number of rotatable bonds is 3. The lowest BCUT2D eigenvalue weighted by Crippen LogP contribution is -2.28. The molecule has 0 unspecified atom stereocenters. The van der Waals surface area contributed by atoms with Crippen molar-refractivity contribution < 1.29 is 4.79 Å². The molecule has 76 valence electrons. The number of carbonyl (C=O) groups excluding carboxylic acids is 1. The van der Waals surface area contributed by atoms with Gasteiger partial charge in [0.15, 0.2) is 0 Å². The summed E-state index contributed by atoms with van der Waals surface area (Å²) in [6.45, 7) is 3.85. The van der Waals surface area contributed by atoms with Gasteiger partial charge < -0.3 is 9.88 Å². The summed E-state index contributed by atoms with van der Waals surface area (Å²) in [6, 6.07) is 0.161. The van der Waals surface area contributed by atoms with Gasteiger partial charge in [-0.2, -0.15) is 0 Å². The molecule has 1 aromatic heterocycles. The Morgan fingerprint density at radius 1 is 1.64 bits per heavy atom. The van der Waals surface area contributed by atoms with E-state index in [9.17, 15) is 4.79 Å². The Morgan fingerprint density at radius 2 is 2.36 bits per heavy atom. The van der Waals surface area contributed by atoms with Gasteiger partial charge in [-0.05, 0) is 19.9 Å². The second kappa shape index (κ2) is 4.60. The third-order valence-corrected chi connectivity index (χ3v) is 1.67. The first-order valence-electron chi connectivity index (χ1n) is 4.55. The van der Waals surface area contributed by atoms with Gasteiger partial charge in [0.2, 0.25) is 5.91 Å². The molecule has 1 heterocycles. The van der Waals surface area contributed by atoms with Gasteiger partial charge in [0.1, 0.15) is 5.82 Å². The summed E-state index contributed by atoms with van der Waals surface area (Å²) in [7, 11) is 1.88. The van der Waals surface area contributed by atoms with E-state index in [2.05, 4.69) is 10.3 Å². The molecule has 0 atom stereocenters. The van der Waals surface area contributed by atoms with Gasteiger partial charge >= 0.3 is 0 Å². The molecule has 4 nitrogen and oxygen atoms in total. The number of amides is 1. The van der Waals surface area contributed by atoms with Crippen molar-refractivity contribution in [3.63, 3.8) is 0 Å². The molecule has 0 aliphatic carbocycles. The first-order chi connectivity index (χ1) is 6.59. The van der Waals surface area contributed by atoms with Crippen LogP contribution in [0.4, 0.5) is 0 Å². The standard InChI is InChI=1S/C10H15N3O/c1-8(2)12-10(14)5-4-9-11-6-7-13(9)3/h4-8H,1-3H3,(H,12,14). The normalized spacial score (nSPS) is 11.1. The molecule has 1 rings (SSSR count). The van der Waals surface area contributed by atoms with E-state index in [1.807, 2.05) is 31.7 Å². The highest BCUT2D eigenvalue weighted by atomic mass is 16.1. The number of imidazole rings is 1. The number of nitrogens with zero attached hydrogens (tertiary/aromatic N) is 2. The van der Waals surface area contributed by atoms with E-state index in [4.69, 9.17) is 0 Å². The fourth-order valence-electron chi connectivity index (χ4n) is 1.02. The van der Waals surface area contributed by atoms with Gasteiger partial charge in [0.25, 0.3) is 0 Å². The maximum absolute atomic E-state index is 11.2. The van der Waals surface area contributed by atoms with Crippen LogP contribution in [0.3, 0.4) is 0 Å². The highest BCUT2D eigenvalue weighted by Gasteiger charge is 1.98. The Kier molecular flexibility index (Phi) is 3.45. The third kappa shape index (κ3) is 3.05. The van der Waals surface area contributed by atoms with Gasteiger partial charge in [-0.25, -0.2) is 4.98 Å². The van der Waals surface area contributed by atoms with Crippen LogP contribution in [0.2, 0.25) is 0 Å². The summed E-state index contributed by atoms with van der Waals surface area (Å²) in [5, 5.41) is 2.76. The lowest BCUT2D eigenvalue weighted by atomic mass is 10.3. The minimum absolute atomic E-state index is 0.0944. The number of hydrogen-bond acceptors (Lipinski definition) is 2. The Balaban J connectivity index is 2.56. The molecule has 0 saturated carbocycles. The minimum Gasteiger partial charge on any atom is -0.350 e. The average molecular weight is 193 g/mol. The van der Waals surface area contributed by atoms with E-state index in [0.717, 1.165) is 5.82 Å². The number of aromatic nitrogens is 2. The lowest BCUT2D eigenvalue weighted by Gasteiger charge is -2.03. The largest absolute Gasteiger partial charge is 0.350 e. The molecule has 0 spiro atoms. The quantitative estimate of drug-likeness (QED) is 0.727. The zero-order valence-corrected chi connectivity index (χ0v) is 8.69. The number of aryl methyl sites for hydroxylation is 1. The van der Waals surface area contributed by atoms with Gasteiger partial charge in [-0.15, -0.1) is 0 Å². The minimum atomic E-state index is -0.0944. The van der Waals surface area contributed by atoms with Crippen LogP contribution in [0.15, 0.2) is 18.5 Å². The van der Waals surface area contributed by atoms with Crippen LogP contribution in [-0.2, 0) is 11.8 Å². The zero-order chi connectivity index (χ0) is 10.6. The molecule has 1 aromatic rings. The average Bonchev–Trinajstić information content (AvgIpc) is 2.46. The van der Waals surface area contributed by atoms with E-state index in [1.165, 1.54) is 6.08 Å².